The maximum absolute atomic E-state index is 12.2. The van der Waals surface area contributed by atoms with Crippen LogP contribution in [-0.2, 0) is 4.79 Å². The van der Waals surface area contributed by atoms with E-state index in [0.29, 0.717) is 11.3 Å². The van der Waals surface area contributed by atoms with E-state index in [0.717, 1.165) is 27.1 Å². The van der Waals surface area contributed by atoms with Crippen LogP contribution >= 0.6 is 0 Å². The summed E-state index contributed by atoms with van der Waals surface area (Å²) < 4.78 is 5.29. The highest BCUT2D eigenvalue weighted by molar-refractivity contribution is 6.02. The third-order valence-electron chi connectivity index (χ3n) is 4.85. The van der Waals surface area contributed by atoms with Gasteiger partial charge in [-0.1, -0.05) is 42.5 Å². The molecule has 4 aromatic rings. The standard InChI is InChI=1S/C26H20O4/c1-17(26(29)30-24-12-10-22(27)11-13-24)4-2-5-18-6-3-7-20-14-21-15-23(28)9-8-19(21)16-25(18)20/h2-16,27-28H,1H3. The van der Waals surface area contributed by atoms with Gasteiger partial charge in [-0.15, -0.1) is 0 Å². The van der Waals surface area contributed by atoms with E-state index in [4.69, 9.17) is 4.74 Å². The second-order valence-corrected chi connectivity index (χ2v) is 7.04. The summed E-state index contributed by atoms with van der Waals surface area (Å²) in [6.07, 6.45) is 5.48. The van der Waals surface area contributed by atoms with E-state index >= 15 is 0 Å². The van der Waals surface area contributed by atoms with Crippen molar-refractivity contribution in [2.75, 3.05) is 0 Å². The van der Waals surface area contributed by atoms with Crippen LogP contribution in [-0.4, -0.2) is 16.2 Å². The highest BCUT2D eigenvalue weighted by Crippen LogP contribution is 2.28. The fourth-order valence-electron chi connectivity index (χ4n) is 3.25. The summed E-state index contributed by atoms with van der Waals surface area (Å²) in [5.74, 6) is 0.290. The first-order valence-corrected chi connectivity index (χ1v) is 9.51. The van der Waals surface area contributed by atoms with Crippen LogP contribution in [0, 0.1) is 0 Å². The summed E-state index contributed by atoms with van der Waals surface area (Å²) in [4.78, 5) is 12.2. The van der Waals surface area contributed by atoms with E-state index in [2.05, 4.69) is 12.1 Å². The number of benzene rings is 4. The maximum Gasteiger partial charge on any atom is 0.339 e. The van der Waals surface area contributed by atoms with Crippen LogP contribution in [0.3, 0.4) is 0 Å². The van der Waals surface area contributed by atoms with E-state index in [1.165, 1.54) is 24.3 Å². The molecule has 0 saturated carbocycles. The highest BCUT2D eigenvalue weighted by atomic mass is 16.5. The van der Waals surface area contributed by atoms with Crippen LogP contribution in [0.1, 0.15) is 12.5 Å². The van der Waals surface area contributed by atoms with Gasteiger partial charge in [-0.3, -0.25) is 0 Å². The molecule has 0 atom stereocenters. The average molecular weight is 396 g/mol. The third-order valence-corrected chi connectivity index (χ3v) is 4.85. The number of hydrogen-bond acceptors (Lipinski definition) is 4. The lowest BCUT2D eigenvalue weighted by Crippen LogP contribution is -2.08. The van der Waals surface area contributed by atoms with Crippen LogP contribution in [0.5, 0.6) is 17.2 Å². The lowest BCUT2D eigenvalue weighted by atomic mass is 9.99. The molecule has 2 N–H and O–H groups in total. The second kappa shape index (κ2) is 8.13. The number of aromatic hydroxyl groups is 2. The number of allylic oxidation sites excluding steroid dienone is 2. The van der Waals surface area contributed by atoms with Crippen molar-refractivity contribution in [3.63, 3.8) is 0 Å². The minimum atomic E-state index is -0.450. The van der Waals surface area contributed by atoms with Gasteiger partial charge in [-0.05, 0) is 82.6 Å². The van der Waals surface area contributed by atoms with Gasteiger partial charge in [0.1, 0.15) is 17.2 Å². The zero-order valence-corrected chi connectivity index (χ0v) is 16.4. The van der Waals surface area contributed by atoms with Gasteiger partial charge in [0, 0.05) is 5.57 Å². The minimum Gasteiger partial charge on any atom is -0.508 e. The fraction of sp³-hybridized carbons (Fsp3) is 0.0385. The number of ether oxygens (including phenoxy) is 1. The van der Waals surface area contributed by atoms with Gasteiger partial charge in [0.05, 0.1) is 0 Å². The van der Waals surface area contributed by atoms with Crippen LogP contribution in [0.2, 0.25) is 0 Å². The number of rotatable bonds is 4. The van der Waals surface area contributed by atoms with E-state index in [1.54, 1.807) is 25.1 Å². The lowest BCUT2D eigenvalue weighted by molar-refractivity contribution is -0.130. The van der Waals surface area contributed by atoms with E-state index in [9.17, 15) is 15.0 Å². The molecule has 0 aromatic heterocycles. The topological polar surface area (TPSA) is 66.8 Å². The van der Waals surface area contributed by atoms with Gasteiger partial charge in [0.2, 0.25) is 0 Å². The van der Waals surface area contributed by atoms with Crippen molar-refractivity contribution in [1.82, 2.24) is 0 Å². The molecular formula is C26H20O4. The number of carbonyl (C=O) groups is 1. The first kappa shape index (κ1) is 19.3. The summed E-state index contributed by atoms with van der Waals surface area (Å²) >= 11 is 0. The molecule has 4 heteroatoms. The third kappa shape index (κ3) is 4.18. The Morgan fingerprint density at radius 1 is 0.833 bits per heavy atom. The molecule has 0 aliphatic rings. The molecule has 4 rings (SSSR count). The van der Waals surface area contributed by atoms with E-state index in [1.807, 2.05) is 36.4 Å². The molecular weight excluding hydrogens is 376 g/mol. The molecule has 0 amide bonds. The van der Waals surface area contributed by atoms with Crippen molar-refractivity contribution in [3.05, 3.63) is 96.1 Å². The molecule has 0 aliphatic heterocycles. The summed E-state index contributed by atoms with van der Waals surface area (Å²) in [5, 5.41) is 23.2. The SMILES string of the molecule is CC(=CC=Cc1cccc2cc3cc(O)ccc3cc12)C(=O)Oc1ccc(O)cc1. The molecule has 0 spiro atoms. The van der Waals surface area contributed by atoms with Crippen LogP contribution in [0.15, 0.2) is 90.5 Å². The maximum atomic E-state index is 12.2. The van der Waals surface area contributed by atoms with E-state index < -0.39 is 5.97 Å². The van der Waals surface area contributed by atoms with Gasteiger partial charge < -0.3 is 14.9 Å². The second-order valence-electron chi connectivity index (χ2n) is 7.04. The zero-order chi connectivity index (χ0) is 21.1. The minimum absolute atomic E-state index is 0.115. The van der Waals surface area contributed by atoms with Crippen LogP contribution in [0.4, 0.5) is 0 Å². The molecule has 0 bridgehead atoms. The average Bonchev–Trinajstić information content (AvgIpc) is 2.74. The summed E-state index contributed by atoms with van der Waals surface area (Å²) in [6, 6.07) is 21.5. The van der Waals surface area contributed by atoms with Crippen molar-refractivity contribution >= 4 is 33.6 Å². The van der Waals surface area contributed by atoms with Gasteiger partial charge in [0.25, 0.3) is 0 Å². The predicted molar refractivity (Wildman–Crippen MR) is 120 cm³/mol. The molecule has 4 nitrogen and oxygen atoms in total. The van der Waals surface area contributed by atoms with Gasteiger partial charge in [0.15, 0.2) is 0 Å². The smallest absolute Gasteiger partial charge is 0.339 e. The molecule has 0 unspecified atom stereocenters. The summed E-state index contributed by atoms with van der Waals surface area (Å²) in [5.41, 5.74) is 1.49. The lowest BCUT2D eigenvalue weighted by Gasteiger charge is -2.06. The molecule has 0 fully saturated rings. The molecule has 0 heterocycles. The van der Waals surface area contributed by atoms with Crippen molar-refractivity contribution in [3.8, 4) is 17.2 Å². The van der Waals surface area contributed by atoms with Crippen LogP contribution in [0.25, 0.3) is 27.6 Å². The van der Waals surface area contributed by atoms with Crippen molar-refractivity contribution in [2.24, 2.45) is 0 Å². The number of carbonyl (C=O) groups excluding carboxylic acids is 1. The Balaban J connectivity index is 1.57. The summed E-state index contributed by atoms with van der Waals surface area (Å²) in [7, 11) is 0. The molecule has 0 saturated heterocycles. The Morgan fingerprint density at radius 3 is 2.40 bits per heavy atom. The van der Waals surface area contributed by atoms with Crippen molar-refractivity contribution in [1.29, 1.82) is 0 Å². The highest BCUT2D eigenvalue weighted by Gasteiger charge is 2.07. The number of fused-ring (bicyclic) bond motifs is 2. The molecule has 30 heavy (non-hydrogen) atoms. The van der Waals surface area contributed by atoms with E-state index in [-0.39, 0.29) is 11.5 Å². The Hall–Kier alpha value is -4.05. The number of phenols is 2. The Morgan fingerprint density at radius 2 is 1.60 bits per heavy atom. The quantitative estimate of drug-likeness (QED) is 0.147. The monoisotopic (exact) mass is 396 g/mol. The normalized spacial score (nSPS) is 12.0. The van der Waals surface area contributed by atoms with Crippen molar-refractivity contribution in [2.45, 2.75) is 6.92 Å². The Labute approximate surface area is 174 Å². The van der Waals surface area contributed by atoms with Crippen LogP contribution < -0.4 is 4.74 Å². The largest absolute Gasteiger partial charge is 0.508 e. The van der Waals surface area contributed by atoms with Crippen molar-refractivity contribution < 1.29 is 19.7 Å². The molecule has 4 aromatic carbocycles. The molecule has 0 radical (unpaired) electrons. The predicted octanol–water partition coefficient (Wildman–Crippen LogP) is 5.97. The first-order valence-electron chi connectivity index (χ1n) is 9.51. The number of esters is 1. The zero-order valence-electron chi connectivity index (χ0n) is 16.4. The molecule has 0 aliphatic carbocycles. The van der Waals surface area contributed by atoms with Gasteiger partial charge >= 0.3 is 5.97 Å². The van der Waals surface area contributed by atoms with Gasteiger partial charge in [-0.25, -0.2) is 4.79 Å². The fourth-order valence-corrected chi connectivity index (χ4v) is 3.25. The first-order chi connectivity index (χ1) is 14.5. The summed E-state index contributed by atoms with van der Waals surface area (Å²) in [6.45, 7) is 1.69. The Kier molecular flexibility index (Phi) is 5.22. The number of phenolic OH excluding ortho intramolecular Hbond substituents is 2. The van der Waals surface area contributed by atoms with Gasteiger partial charge in [-0.2, -0.15) is 0 Å². The number of hydrogen-bond donors (Lipinski definition) is 2. The molecule has 148 valence electrons. The Bertz CT molecular complexity index is 1300.